The molecule has 1 fully saturated rings. The highest BCUT2D eigenvalue weighted by Crippen LogP contribution is 2.20. The summed E-state index contributed by atoms with van der Waals surface area (Å²) in [6.07, 6.45) is 9.78. The number of aliphatic carboxylic acids is 1. The van der Waals surface area contributed by atoms with Gasteiger partial charge in [0, 0.05) is 19.6 Å². The Kier molecular flexibility index (Phi) is 7.23. The fourth-order valence-corrected chi connectivity index (χ4v) is 2.27. The maximum Gasteiger partial charge on any atom is 0.303 e. The van der Waals surface area contributed by atoms with Crippen molar-refractivity contribution in [1.82, 2.24) is 0 Å². The lowest BCUT2D eigenvalue weighted by Crippen LogP contribution is -2.16. The maximum absolute atomic E-state index is 10.3. The molecule has 3 heteroatoms. The summed E-state index contributed by atoms with van der Waals surface area (Å²) in [7, 11) is 0. The molecule has 1 saturated heterocycles. The number of hydrogen-bond acceptors (Lipinski definition) is 2. The van der Waals surface area contributed by atoms with Gasteiger partial charge in [0.25, 0.3) is 0 Å². The molecule has 3 nitrogen and oxygen atoms in total. The van der Waals surface area contributed by atoms with Crippen LogP contribution in [0.3, 0.4) is 0 Å². The fourth-order valence-electron chi connectivity index (χ4n) is 2.27. The molecule has 0 spiro atoms. The van der Waals surface area contributed by atoms with Crippen LogP contribution in [0, 0.1) is 5.92 Å². The summed E-state index contributed by atoms with van der Waals surface area (Å²) in [6.45, 7) is 1.91. The Morgan fingerprint density at radius 3 is 2.62 bits per heavy atom. The van der Waals surface area contributed by atoms with Crippen LogP contribution in [0.5, 0.6) is 0 Å². The molecule has 1 rings (SSSR count). The number of hydrogen-bond donors (Lipinski definition) is 1. The minimum atomic E-state index is -0.667. The van der Waals surface area contributed by atoms with E-state index >= 15 is 0 Å². The zero-order valence-electron chi connectivity index (χ0n) is 10.1. The second-order valence-electron chi connectivity index (χ2n) is 4.78. The fraction of sp³-hybridized carbons (Fsp3) is 0.923. The van der Waals surface area contributed by atoms with Gasteiger partial charge in [-0.3, -0.25) is 4.79 Å². The minimum absolute atomic E-state index is 0.330. The van der Waals surface area contributed by atoms with Crippen molar-refractivity contribution in [3.8, 4) is 0 Å². The number of unbranched alkanes of at least 4 members (excludes halogenated alkanes) is 4. The van der Waals surface area contributed by atoms with E-state index in [2.05, 4.69) is 0 Å². The summed E-state index contributed by atoms with van der Waals surface area (Å²) in [4.78, 5) is 10.3. The van der Waals surface area contributed by atoms with E-state index in [1.54, 1.807) is 0 Å². The van der Waals surface area contributed by atoms with E-state index in [4.69, 9.17) is 9.84 Å². The molecule has 0 bridgehead atoms. The van der Waals surface area contributed by atoms with Gasteiger partial charge >= 0.3 is 5.97 Å². The molecule has 1 atom stereocenters. The van der Waals surface area contributed by atoms with Gasteiger partial charge in [-0.2, -0.15) is 0 Å². The third-order valence-corrected chi connectivity index (χ3v) is 3.26. The second-order valence-corrected chi connectivity index (χ2v) is 4.78. The summed E-state index contributed by atoms with van der Waals surface area (Å²) in [6, 6.07) is 0. The zero-order chi connectivity index (χ0) is 11.6. The van der Waals surface area contributed by atoms with E-state index < -0.39 is 5.97 Å². The van der Waals surface area contributed by atoms with E-state index in [-0.39, 0.29) is 0 Å². The average Bonchev–Trinajstić information content (AvgIpc) is 2.29. The third-order valence-electron chi connectivity index (χ3n) is 3.26. The van der Waals surface area contributed by atoms with Gasteiger partial charge in [0.2, 0.25) is 0 Å². The first-order valence-electron chi connectivity index (χ1n) is 6.58. The highest BCUT2D eigenvalue weighted by Gasteiger charge is 2.12. The predicted molar refractivity (Wildman–Crippen MR) is 63.5 cm³/mol. The van der Waals surface area contributed by atoms with Gasteiger partial charge in [-0.1, -0.05) is 25.7 Å². The Balaban J connectivity index is 1.82. The Morgan fingerprint density at radius 1 is 1.19 bits per heavy atom. The molecule has 0 amide bonds. The molecule has 16 heavy (non-hydrogen) atoms. The molecule has 1 heterocycles. The van der Waals surface area contributed by atoms with Crippen LogP contribution in [0.1, 0.15) is 57.8 Å². The van der Waals surface area contributed by atoms with Crippen LogP contribution in [-0.2, 0) is 9.53 Å². The smallest absolute Gasteiger partial charge is 0.303 e. The lowest BCUT2D eigenvalue weighted by atomic mass is 9.95. The first-order chi connectivity index (χ1) is 7.79. The molecular formula is C13H24O3. The highest BCUT2D eigenvalue weighted by molar-refractivity contribution is 5.66. The van der Waals surface area contributed by atoms with Crippen molar-refractivity contribution in [3.63, 3.8) is 0 Å². The topological polar surface area (TPSA) is 46.5 Å². The quantitative estimate of drug-likeness (QED) is 0.649. The molecule has 0 aliphatic carbocycles. The summed E-state index contributed by atoms with van der Waals surface area (Å²) in [5.74, 6) is 0.118. The lowest BCUT2D eigenvalue weighted by molar-refractivity contribution is -0.137. The van der Waals surface area contributed by atoms with Crippen molar-refractivity contribution in [1.29, 1.82) is 0 Å². The van der Waals surface area contributed by atoms with Gasteiger partial charge in [0.1, 0.15) is 0 Å². The van der Waals surface area contributed by atoms with Crippen LogP contribution < -0.4 is 0 Å². The number of carbonyl (C=O) groups is 1. The van der Waals surface area contributed by atoms with Crippen LogP contribution in [0.2, 0.25) is 0 Å². The summed E-state index contributed by atoms with van der Waals surface area (Å²) in [5, 5.41) is 8.47. The Labute approximate surface area is 98.2 Å². The molecule has 0 saturated carbocycles. The summed E-state index contributed by atoms with van der Waals surface area (Å²) >= 11 is 0. The lowest BCUT2D eigenvalue weighted by Gasteiger charge is -2.21. The Hall–Kier alpha value is -0.570. The van der Waals surface area contributed by atoms with Crippen LogP contribution >= 0.6 is 0 Å². The van der Waals surface area contributed by atoms with Gasteiger partial charge in [-0.25, -0.2) is 0 Å². The van der Waals surface area contributed by atoms with Crippen molar-refractivity contribution in [2.75, 3.05) is 13.2 Å². The van der Waals surface area contributed by atoms with Crippen molar-refractivity contribution < 1.29 is 14.6 Å². The molecule has 1 N–H and O–H groups in total. The van der Waals surface area contributed by atoms with Crippen LogP contribution in [0.15, 0.2) is 0 Å². The molecule has 1 aliphatic heterocycles. The van der Waals surface area contributed by atoms with Crippen molar-refractivity contribution in [3.05, 3.63) is 0 Å². The number of carboxylic acid groups (broad SMARTS) is 1. The summed E-state index contributed by atoms with van der Waals surface area (Å²) in [5.41, 5.74) is 0. The number of ether oxygens (including phenoxy) is 1. The molecule has 94 valence electrons. The molecular weight excluding hydrogens is 204 g/mol. The van der Waals surface area contributed by atoms with Crippen LogP contribution in [0.25, 0.3) is 0 Å². The average molecular weight is 228 g/mol. The van der Waals surface area contributed by atoms with Gasteiger partial charge in [0.15, 0.2) is 0 Å². The predicted octanol–water partition coefficient (Wildman–Crippen LogP) is 3.23. The molecule has 0 aromatic carbocycles. The number of rotatable bonds is 8. The molecule has 0 aromatic heterocycles. The van der Waals surface area contributed by atoms with E-state index in [0.717, 1.165) is 32.0 Å². The van der Waals surface area contributed by atoms with Gasteiger partial charge in [-0.15, -0.1) is 0 Å². The Bertz CT molecular complexity index is 186. The molecule has 1 unspecified atom stereocenters. The van der Waals surface area contributed by atoms with Crippen molar-refractivity contribution >= 4 is 5.97 Å². The molecule has 0 radical (unpaired) electrons. The molecule has 1 aliphatic rings. The van der Waals surface area contributed by atoms with E-state index in [9.17, 15) is 4.79 Å². The number of carboxylic acids is 1. The van der Waals surface area contributed by atoms with E-state index in [1.165, 1.54) is 38.5 Å². The van der Waals surface area contributed by atoms with Crippen LogP contribution in [0.4, 0.5) is 0 Å². The minimum Gasteiger partial charge on any atom is -0.481 e. The second kappa shape index (κ2) is 8.57. The highest BCUT2D eigenvalue weighted by atomic mass is 16.5. The third kappa shape index (κ3) is 6.83. The van der Waals surface area contributed by atoms with Gasteiger partial charge < -0.3 is 9.84 Å². The normalized spacial score (nSPS) is 20.9. The standard InChI is InChI=1S/C13H24O3/c14-13(15)9-5-3-1-2-4-7-12-8-6-10-16-11-12/h12H,1-11H2,(H,14,15). The zero-order valence-corrected chi connectivity index (χ0v) is 10.1. The largest absolute Gasteiger partial charge is 0.481 e. The van der Waals surface area contributed by atoms with E-state index in [0.29, 0.717) is 6.42 Å². The van der Waals surface area contributed by atoms with Crippen LogP contribution in [-0.4, -0.2) is 24.3 Å². The summed E-state index contributed by atoms with van der Waals surface area (Å²) < 4.78 is 5.44. The van der Waals surface area contributed by atoms with Crippen molar-refractivity contribution in [2.24, 2.45) is 5.92 Å². The SMILES string of the molecule is O=C(O)CCCCCCCC1CCCOC1. The first-order valence-corrected chi connectivity index (χ1v) is 6.58. The van der Waals surface area contributed by atoms with Crippen molar-refractivity contribution in [2.45, 2.75) is 57.8 Å². The monoisotopic (exact) mass is 228 g/mol. The molecule has 0 aromatic rings. The van der Waals surface area contributed by atoms with Gasteiger partial charge in [0.05, 0.1) is 0 Å². The first kappa shape index (κ1) is 13.5. The van der Waals surface area contributed by atoms with E-state index in [1.807, 2.05) is 0 Å². The Morgan fingerprint density at radius 2 is 1.94 bits per heavy atom. The maximum atomic E-state index is 10.3. The van der Waals surface area contributed by atoms with Gasteiger partial charge in [-0.05, 0) is 31.6 Å².